The summed E-state index contributed by atoms with van der Waals surface area (Å²) in [6.07, 6.45) is 0. The van der Waals surface area contributed by atoms with Crippen LogP contribution in [0.25, 0.3) is 0 Å². The van der Waals surface area contributed by atoms with Gasteiger partial charge in [-0.05, 0) is 74.0 Å². The maximum absolute atomic E-state index is 12.4. The van der Waals surface area contributed by atoms with E-state index in [1.807, 2.05) is 61.5 Å². The molecule has 0 radical (unpaired) electrons. The van der Waals surface area contributed by atoms with Gasteiger partial charge in [0.25, 0.3) is 5.91 Å². The maximum Gasteiger partial charge on any atom is 0.338 e. The Kier molecular flexibility index (Phi) is 6.07. The van der Waals surface area contributed by atoms with Crippen molar-refractivity contribution < 1.29 is 14.3 Å². The quantitative estimate of drug-likeness (QED) is 0.584. The molecule has 5 nitrogen and oxygen atoms in total. The number of benzene rings is 3. The second-order valence-electron chi connectivity index (χ2n) is 6.27. The number of aryl methyl sites for hydroxylation is 1. The molecule has 0 aliphatic carbocycles. The van der Waals surface area contributed by atoms with E-state index in [-0.39, 0.29) is 11.9 Å². The second-order valence-corrected chi connectivity index (χ2v) is 6.27. The van der Waals surface area contributed by atoms with Crippen molar-refractivity contribution in [3.05, 3.63) is 89.5 Å². The number of amides is 1. The summed E-state index contributed by atoms with van der Waals surface area (Å²) >= 11 is 0. The highest BCUT2D eigenvalue weighted by Gasteiger charge is 2.09. The number of ether oxygens (including phenoxy) is 1. The van der Waals surface area contributed by atoms with Crippen LogP contribution in [0.1, 0.15) is 33.2 Å². The van der Waals surface area contributed by atoms with E-state index >= 15 is 0 Å². The summed E-state index contributed by atoms with van der Waals surface area (Å²) in [4.78, 5) is 24.1. The summed E-state index contributed by atoms with van der Waals surface area (Å²) in [5.41, 5.74) is 4.55. The number of carbonyl (C=O) groups is 2. The molecular formula is C23H22N2O3. The van der Waals surface area contributed by atoms with Gasteiger partial charge in [-0.1, -0.05) is 18.2 Å². The SMILES string of the molecule is CCOC(=O)c1ccc(Nc2ccc(NC(=O)c3ccccc3C)cc2)cc1. The maximum atomic E-state index is 12.4. The molecule has 1 amide bonds. The fraction of sp³-hybridized carbons (Fsp3) is 0.130. The minimum Gasteiger partial charge on any atom is -0.462 e. The summed E-state index contributed by atoms with van der Waals surface area (Å²) < 4.78 is 4.98. The van der Waals surface area contributed by atoms with Gasteiger partial charge in [-0.15, -0.1) is 0 Å². The Morgan fingerprint density at radius 2 is 1.39 bits per heavy atom. The fourth-order valence-electron chi connectivity index (χ4n) is 2.73. The van der Waals surface area contributed by atoms with Crippen LogP contribution in [0, 0.1) is 6.92 Å². The van der Waals surface area contributed by atoms with E-state index in [1.165, 1.54) is 0 Å². The number of anilines is 3. The van der Waals surface area contributed by atoms with Gasteiger partial charge in [-0.25, -0.2) is 4.79 Å². The number of nitrogens with one attached hydrogen (secondary N) is 2. The Hall–Kier alpha value is -3.60. The van der Waals surface area contributed by atoms with Gasteiger partial charge >= 0.3 is 5.97 Å². The van der Waals surface area contributed by atoms with Gasteiger partial charge < -0.3 is 15.4 Å². The molecule has 0 aromatic heterocycles. The molecule has 0 unspecified atom stereocenters. The Balaban J connectivity index is 1.62. The van der Waals surface area contributed by atoms with Crippen LogP contribution in [0.15, 0.2) is 72.8 Å². The third-order valence-electron chi connectivity index (χ3n) is 4.22. The Morgan fingerprint density at radius 3 is 2.00 bits per heavy atom. The van der Waals surface area contributed by atoms with E-state index in [9.17, 15) is 9.59 Å². The monoisotopic (exact) mass is 374 g/mol. The van der Waals surface area contributed by atoms with Crippen molar-refractivity contribution in [2.45, 2.75) is 13.8 Å². The van der Waals surface area contributed by atoms with Gasteiger partial charge in [-0.3, -0.25) is 4.79 Å². The molecule has 142 valence electrons. The molecule has 0 aliphatic rings. The lowest BCUT2D eigenvalue weighted by atomic mass is 10.1. The molecule has 3 aromatic carbocycles. The standard InChI is InChI=1S/C23H22N2O3/c1-3-28-23(27)17-8-10-18(11-9-17)24-19-12-14-20(15-13-19)25-22(26)21-7-5-4-6-16(21)2/h4-15,24H,3H2,1-2H3,(H,25,26). The number of hydrogen-bond acceptors (Lipinski definition) is 4. The second kappa shape index (κ2) is 8.86. The largest absolute Gasteiger partial charge is 0.462 e. The molecule has 0 aliphatic heterocycles. The van der Waals surface area contributed by atoms with Crippen molar-refractivity contribution in [3.63, 3.8) is 0 Å². The van der Waals surface area contributed by atoms with E-state index < -0.39 is 0 Å². The summed E-state index contributed by atoms with van der Waals surface area (Å²) in [5.74, 6) is -0.462. The van der Waals surface area contributed by atoms with Gasteiger partial charge in [0.2, 0.25) is 0 Å². The summed E-state index contributed by atoms with van der Waals surface area (Å²) in [5, 5.41) is 6.16. The first-order valence-electron chi connectivity index (χ1n) is 9.08. The Labute approximate surface area is 164 Å². The first-order valence-corrected chi connectivity index (χ1v) is 9.08. The fourth-order valence-corrected chi connectivity index (χ4v) is 2.73. The third-order valence-corrected chi connectivity index (χ3v) is 4.22. The number of rotatable bonds is 6. The van der Waals surface area contributed by atoms with Crippen LogP contribution in [0.3, 0.4) is 0 Å². The normalized spacial score (nSPS) is 10.2. The molecule has 0 atom stereocenters. The molecule has 0 heterocycles. The van der Waals surface area contributed by atoms with Crippen molar-refractivity contribution in [2.75, 3.05) is 17.2 Å². The summed E-state index contributed by atoms with van der Waals surface area (Å²) in [6.45, 7) is 4.04. The summed E-state index contributed by atoms with van der Waals surface area (Å²) in [6, 6.07) is 22.0. The lowest BCUT2D eigenvalue weighted by Gasteiger charge is -2.10. The lowest BCUT2D eigenvalue weighted by molar-refractivity contribution is 0.0526. The first-order chi connectivity index (χ1) is 13.6. The van der Waals surface area contributed by atoms with E-state index in [0.29, 0.717) is 17.7 Å². The van der Waals surface area contributed by atoms with Crippen molar-refractivity contribution in [1.82, 2.24) is 0 Å². The van der Waals surface area contributed by atoms with Crippen LogP contribution in [0.2, 0.25) is 0 Å². The van der Waals surface area contributed by atoms with Crippen molar-refractivity contribution in [2.24, 2.45) is 0 Å². The molecule has 0 fully saturated rings. The average molecular weight is 374 g/mol. The highest BCUT2D eigenvalue weighted by atomic mass is 16.5. The number of esters is 1. The highest BCUT2D eigenvalue weighted by Crippen LogP contribution is 2.20. The molecule has 2 N–H and O–H groups in total. The van der Waals surface area contributed by atoms with E-state index in [1.54, 1.807) is 25.1 Å². The minimum absolute atomic E-state index is 0.131. The predicted octanol–water partition coefficient (Wildman–Crippen LogP) is 5.17. The van der Waals surface area contributed by atoms with Crippen LogP contribution in [-0.2, 0) is 4.74 Å². The van der Waals surface area contributed by atoms with E-state index in [4.69, 9.17) is 4.74 Å². The zero-order chi connectivity index (χ0) is 19.9. The predicted molar refractivity (Wildman–Crippen MR) is 111 cm³/mol. The highest BCUT2D eigenvalue weighted by molar-refractivity contribution is 6.05. The molecule has 28 heavy (non-hydrogen) atoms. The van der Waals surface area contributed by atoms with Crippen molar-refractivity contribution in [1.29, 1.82) is 0 Å². The molecule has 5 heteroatoms. The van der Waals surface area contributed by atoms with Crippen molar-refractivity contribution >= 4 is 28.9 Å². The minimum atomic E-state index is -0.331. The van der Waals surface area contributed by atoms with Crippen LogP contribution in [0.5, 0.6) is 0 Å². The third kappa shape index (κ3) is 4.76. The van der Waals surface area contributed by atoms with Crippen LogP contribution in [-0.4, -0.2) is 18.5 Å². The van der Waals surface area contributed by atoms with Gasteiger partial charge in [0.1, 0.15) is 0 Å². The molecule has 0 spiro atoms. The van der Waals surface area contributed by atoms with Gasteiger partial charge in [0, 0.05) is 22.6 Å². The zero-order valence-electron chi connectivity index (χ0n) is 15.9. The Morgan fingerprint density at radius 1 is 0.821 bits per heavy atom. The number of carbonyl (C=O) groups excluding carboxylic acids is 2. The van der Waals surface area contributed by atoms with Crippen molar-refractivity contribution in [3.8, 4) is 0 Å². The lowest BCUT2D eigenvalue weighted by Crippen LogP contribution is -2.13. The molecule has 0 saturated heterocycles. The number of hydrogen-bond donors (Lipinski definition) is 2. The van der Waals surface area contributed by atoms with Gasteiger partial charge in [-0.2, -0.15) is 0 Å². The van der Waals surface area contributed by atoms with Crippen LogP contribution in [0.4, 0.5) is 17.1 Å². The molecule has 0 saturated carbocycles. The van der Waals surface area contributed by atoms with E-state index in [2.05, 4.69) is 10.6 Å². The molecular weight excluding hydrogens is 352 g/mol. The summed E-state index contributed by atoms with van der Waals surface area (Å²) in [7, 11) is 0. The van der Waals surface area contributed by atoms with Crippen LogP contribution >= 0.6 is 0 Å². The van der Waals surface area contributed by atoms with Gasteiger partial charge in [0.05, 0.1) is 12.2 Å². The Bertz CT molecular complexity index is 964. The molecule has 3 aromatic rings. The zero-order valence-corrected chi connectivity index (χ0v) is 15.9. The first kappa shape index (κ1) is 19.2. The van der Waals surface area contributed by atoms with Gasteiger partial charge in [0.15, 0.2) is 0 Å². The molecule has 0 bridgehead atoms. The average Bonchev–Trinajstić information content (AvgIpc) is 2.70. The smallest absolute Gasteiger partial charge is 0.338 e. The topological polar surface area (TPSA) is 67.4 Å². The van der Waals surface area contributed by atoms with E-state index in [0.717, 1.165) is 22.6 Å². The molecule has 3 rings (SSSR count). The van der Waals surface area contributed by atoms with Crippen LogP contribution < -0.4 is 10.6 Å².